The average Bonchev–Trinajstić information content (AvgIpc) is 3.23. The van der Waals surface area contributed by atoms with Crippen molar-refractivity contribution >= 4 is 21.8 Å². The van der Waals surface area contributed by atoms with Crippen LogP contribution in [0.15, 0.2) is 28.7 Å². The number of carbonyl (C=O) groups excluding carboxylic acids is 1. The maximum absolute atomic E-state index is 12.5. The first-order valence-electron chi connectivity index (χ1n) is 8.02. The number of likely N-dealkylation sites (tertiary alicyclic amines) is 1. The summed E-state index contributed by atoms with van der Waals surface area (Å²) in [4.78, 5) is 14.3. The van der Waals surface area contributed by atoms with Crippen LogP contribution in [0.3, 0.4) is 0 Å². The van der Waals surface area contributed by atoms with E-state index in [0.717, 1.165) is 35.9 Å². The molecule has 122 valence electrons. The molecule has 1 aromatic rings. The van der Waals surface area contributed by atoms with Crippen molar-refractivity contribution in [3.63, 3.8) is 0 Å². The fourth-order valence-electron chi connectivity index (χ4n) is 3.24. The van der Waals surface area contributed by atoms with Crippen LogP contribution in [0.2, 0.25) is 0 Å². The number of ether oxygens (including phenoxy) is 1. The molecule has 3 rings (SSSR count). The molecular weight excluding hydrogens is 358 g/mol. The number of nitrogens with zero attached hydrogens (tertiary/aromatic N) is 2. The second-order valence-corrected chi connectivity index (χ2v) is 6.99. The molecule has 2 aliphatic rings. The molecule has 2 heterocycles. The van der Waals surface area contributed by atoms with Crippen molar-refractivity contribution < 1.29 is 9.53 Å². The first-order chi connectivity index (χ1) is 11.2. The lowest BCUT2D eigenvalue weighted by atomic mass is 10.1. The summed E-state index contributed by atoms with van der Waals surface area (Å²) in [5.41, 5.74) is 0. The van der Waals surface area contributed by atoms with Crippen LogP contribution in [-0.4, -0.2) is 42.1 Å². The highest BCUT2D eigenvalue weighted by Crippen LogP contribution is 2.22. The van der Waals surface area contributed by atoms with E-state index in [9.17, 15) is 4.79 Å². The van der Waals surface area contributed by atoms with E-state index in [1.54, 1.807) is 4.90 Å². The second kappa shape index (κ2) is 7.33. The Hall–Kier alpha value is -1.58. The Morgan fingerprint density at radius 2 is 2.13 bits per heavy atom. The minimum absolute atomic E-state index is 0.0696. The van der Waals surface area contributed by atoms with E-state index >= 15 is 0 Å². The second-order valence-electron chi connectivity index (χ2n) is 6.08. The van der Waals surface area contributed by atoms with E-state index < -0.39 is 0 Å². The van der Waals surface area contributed by atoms with Gasteiger partial charge in [0.05, 0.1) is 12.1 Å². The molecule has 1 N–H and O–H groups in total. The summed E-state index contributed by atoms with van der Waals surface area (Å²) in [5.74, 6) is 0.897. The predicted octanol–water partition coefficient (Wildman–Crippen LogP) is 2.46. The zero-order chi connectivity index (χ0) is 16.2. The number of rotatable bonds is 4. The van der Waals surface area contributed by atoms with Gasteiger partial charge in [-0.05, 0) is 49.9 Å². The van der Waals surface area contributed by atoms with Crippen molar-refractivity contribution in [1.82, 2.24) is 10.2 Å². The maximum Gasteiger partial charge on any atom is 0.240 e. The number of nitrogens with one attached hydrogen (secondary N) is 1. The number of hydrogen-bond acceptors (Lipinski definition) is 4. The highest BCUT2D eigenvalue weighted by atomic mass is 79.9. The number of amides is 1. The van der Waals surface area contributed by atoms with Crippen molar-refractivity contribution in [2.24, 2.45) is 0 Å². The van der Waals surface area contributed by atoms with Gasteiger partial charge < -0.3 is 9.64 Å². The predicted molar refractivity (Wildman–Crippen MR) is 89.9 cm³/mol. The van der Waals surface area contributed by atoms with Gasteiger partial charge in [0.2, 0.25) is 5.91 Å². The van der Waals surface area contributed by atoms with Gasteiger partial charge in [-0.2, -0.15) is 5.26 Å². The number of nitriles is 1. The number of benzene rings is 1. The minimum Gasteiger partial charge on any atom is -0.492 e. The van der Waals surface area contributed by atoms with E-state index in [-0.39, 0.29) is 24.0 Å². The summed E-state index contributed by atoms with van der Waals surface area (Å²) in [6.45, 7) is 1.25. The minimum atomic E-state index is -0.248. The first kappa shape index (κ1) is 16.3. The third kappa shape index (κ3) is 3.85. The van der Waals surface area contributed by atoms with E-state index in [1.807, 2.05) is 24.3 Å². The van der Waals surface area contributed by atoms with Crippen LogP contribution >= 0.6 is 15.9 Å². The maximum atomic E-state index is 12.5. The normalized spacial score (nSPS) is 27.0. The Kier molecular flexibility index (Phi) is 5.19. The molecular formula is C17H20BrN3O2. The Labute approximate surface area is 144 Å². The number of carbonyl (C=O) groups is 1. The Morgan fingerprint density at radius 1 is 1.35 bits per heavy atom. The molecule has 5 nitrogen and oxygen atoms in total. The fourth-order valence-corrected chi connectivity index (χ4v) is 3.50. The Bertz CT molecular complexity index is 599. The molecule has 0 bridgehead atoms. The molecule has 0 radical (unpaired) electrons. The number of hydrogen-bond donors (Lipinski definition) is 1. The van der Waals surface area contributed by atoms with Crippen molar-refractivity contribution in [2.75, 3.05) is 13.2 Å². The molecule has 0 saturated carbocycles. The van der Waals surface area contributed by atoms with Crippen LogP contribution in [0.4, 0.5) is 0 Å². The van der Waals surface area contributed by atoms with Gasteiger partial charge in [0.15, 0.2) is 0 Å². The van der Waals surface area contributed by atoms with Gasteiger partial charge >= 0.3 is 0 Å². The quantitative estimate of drug-likeness (QED) is 0.874. The molecule has 3 atom stereocenters. The summed E-state index contributed by atoms with van der Waals surface area (Å²) < 4.78 is 6.80. The molecule has 0 aromatic heterocycles. The highest BCUT2D eigenvalue weighted by Gasteiger charge is 2.36. The summed E-state index contributed by atoms with van der Waals surface area (Å²) >= 11 is 3.40. The molecule has 2 aliphatic heterocycles. The molecule has 1 aromatic carbocycles. The zero-order valence-corrected chi connectivity index (χ0v) is 14.5. The van der Waals surface area contributed by atoms with Gasteiger partial charge in [-0.25, -0.2) is 0 Å². The smallest absolute Gasteiger partial charge is 0.240 e. The summed E-state index contributed by atoms with van der Waals surface area (Å²) in [5, 5.41) is 12.5. The molecule has 6 heteroatoms. The van der Waals surface area contributed by atoms with Crippen LogP contribution in [0.25, 0.3) is 0 Å². The Morgan fingerprint density at radius 3 is 2.87 bits per heavy atom. The van der Waals surface area contributed by atoms with E-state index in [1.165, 1.54) is 0 Å². The van der Waals surface area contributed by atoms with Crippen LogP contribution in [0.5, 0.6) is 5.75 Å². The lowest BCUT2D eigenvalue weighted by Crippen LogP contribution is -2.47. The van der Waals surface area contributed by atoms with Crippen LogP contribution < -0.4 is 10.1 Å². The third-order valence-corrected chi connectivity index (χ3v) is 5.02. The molecule has 23 heavy (non-hydrogen) atoms. The summed E-state index contributed by atoms with van der Waals surface area (Å²) in [6, 6.07) is 9.71. The molecule has 2 saturated heterocycles. The van der Waals surface area contributed by atoms with Gasteiger partial charge in [0, 0.05) is 17.1 Å². The van der Waals surface area contributed by atoms with Crippen LogP contribution in [0, 0.1) is 11.3 Å². The number of halogens is 1. The first-order valence-corrected chi connectivity index (χ1v) is 8.81. The summed E-state index contributed by atoms with van der Waals surface area (Å²) in [7, 11) is 0. The molecule has 1 amide bonds. The highest BCUT2D eigenvalue weighted by molar-refractivity contribution is 9.10. The fraction of sp³-hybridized carbons (Fsp3) is 0.529. The van der Waals surface area contributed by atoms with Crippen molar-refractivity contribution in [3.8, 4) is 11.8 Å². The standard InChI is InChI=1S/C17H20BrN3O2/c18-12-3-6-15(7-4-12)23-11-13-5-8-16(20-13)17(22)21-9-1-2-14(21)10-19/h3-4,6-7,13-14,16,20H,1-2,5,8-9,11H2/t13-,14-,16+/m0/s1. The van der Waals surface area contributed by atoms with Crippen molar-refractivity contribution in [3.05, 3.63) is 28.7 Å². The van der Waals surface area contributed by atoms with Gasteiger partial charge in [-0.3, -0.25) is 10.1 Å². The van der Waals surface area contributed by atoms with Gasteiger partial charge in [-0.15, -0.1) is 0 Å². The van der Waals surface area contributed by atoms with Gasteiger partial charge in [-0.1, -0.05) is 15.9 Å². The van der Waals surface area contributed by atoms with Crippen LogP contribution in [-0.2, 0) is 4.79 Å². The van der Waals surface area contributed by atoms with Crippen molar-refractivity contribution in [1.29, 1.82) is 5.26 Å². The Balaban J connectivity index is 1.49. The lowest BCUT2D eigenvalue weighted by molar-refractivity contribution is -0.133. The van der Waals surface area contributed by atoms with E-state index in [2.05, 4.69) is 27.3 Å². The van der Waals surface area contributed by atoms with E-state index in [4.69, 9.17) is 10.00 Å². The third-order valence-electron chi connectivity index (χ3n) is 4.49. The topological polar surface area (TPSA) is 65.4 Å². The van der Waals surface area contributed by atoms with Crippen LogP contribution in [0.1, 0.15) is 25.7 Å². The van der Waals surface area contributed by atoms with E-state index in [0.29, 0.717) is 13.2 Å². The largest absolute Gasteiger partial charge is 0.492 e. The van der Waals surface area contributed by atoms with Crippen molar-refractivity contribution in [2.45, 2.75) is 43.8 Å². The molecule has 0 unspecified atom stereocenters. The summed E-state index contributed by atoms with van der Waals surface area (Å²) in [6.07, 6.45) is 3.44. The van der Waals surface area contributed by atoms with Gasteiger partial charge in [0.1, 0.15) is 18.4 Å². The zero-order valence-electron chi connectivity index (χ0n) is 12.9. The molecule has 2 fully saturated rings. The SMILES string of the molecule is N#C[C@@H]1CCCN1C(=O)[C@H]1CC[C@@H](COc2ccc(Br)cc2)N1. The average molecular weight is 378 g/mol. The molecule has 0 aliphatic carbocycles. The monoisotopic (exact) mass is 377 g/mol. The van der Waals surface area contributed by atoms with Gasteiger partial charge in [0.25, 0.3) is 0 Å². The lowest BCUT2D eigenvalue weighted by Gasteiger charge is -2.23. The molecule has 0 spiro atoms.